The van der Waals surface area contributed by atoms with Crippen molar-refractivity contribution in [2.45, 2.75) is 26.9 Å². The summed E-state index contributed by atoms with van der Waals surface area (Å²) in [6, 6.07) is 7.06. The van der Waals surface area contributed by atoms with Crippen molar-refractivity contribution >= 4 is 23.2 Å². The molecule has 0 fully saturated rings. The molecule has 4 aromatic rings. The summed E-state index contributed by atoms with van der Waals surface area (Å²) in [5.41, 5.74) is 0.530. The van der Waals surface area contributed by atoms with Crippen molar-refractivity contribution in [2.75, 3.05) is 24.3 Å². The van der Waals surface area contributed by atoms with Crippen molar-refractivity contribution in [3.63, 3.8) is 0 Å². The van der Waals surface area contributed by atoms with Crippen LogP contribution in [0.1, 0.15) is 26.3 Å². The van der Waals surface area contributed by atoms with E-state index < -0.39 is 23.1 Å². The number of carbonyl (C=O) groups is 1. The van der Waals surface area contributed by atoms with E-state index in [1.807, 2.05) is 14.1 Å². The Hall–Kier alpha value is -4.02. The molecule has 1 N–H and O–H groups in total. The number of halogens is 3. The first-order valence-electron chi connectivity index (χ1n) is 10.7. The molecule has 0 saturated heterocycles. The van der Waals surface area contributed by atoms with Crippen LogP contribution in [-0.4, -0.2) is 44.6 Å². The molecule has 1 amide bonds. The molecule has 3 heterocycles. The fourth-order valence-electron chi connectivity index (χ4n) is 3.22. The molecular formula is C24H24F3N7O. The molecule has 8 nitrogen and oxygen atoms in total. The zero-order chi connectivity index (χ0) is 25.5. The molecule has 0 bridgehead atoms. The third-order valence-corrected chi connectivity index (χ3v) is 5.20. The largest absolute Gasteiger partial charge is 0.418 e. The fraction of sp³-hybridized carbons (Fsp3) is 0.292. The first-order valence-corrected chi connectivity index (χ1v) is 10.7. The maximum absolute atomic E-state index is 13.6. The van der Waals surface area contributed by atoms with E-state index >= 15 is 0 Å². The van der Waals surface area contributed by atoms with Gasteiger partial charge in [0.05, 0.1) is 28.8 Å². The highest BCUT2D eigenvalue weighted by molar-refractivity contribution is 5.96. The maximum atomic E-state index is 13.6. The van der Waals surface area contributed by atoms with E-state index in [1.54, 1.807) is 56.4 Å². The molecule has 1 aromatic carbocycles. The molecule has 0 saturated carbocycles. The van der Waals surface area contributed by atoms with E-state index in [0.29, 0.717) is 34.1 Å². The lowest BCUT2D eigenvalue weighted by Gasteiger charge is -2.20. The number of fused-ring (bicyclic) bond motifs is 1. The molecule has 4 rings (SSSR count). The molecule has 0 radical (unpaired) electrons. The van der Waals surface area contributed by atoms with Crippen LogP contribution in [0.4, 0.5) is 24.8 Å². The average molecular weight is 483 g/mol. The number of anilines is 2. The average Bonchev–Trinajstić information content (AvgIpc) is 3.21. The third-order valence-electron chi connectivity index (χ3n) is 5.20. The van der Waals surface area contributed by atoms with Crippen molar-refractivity contribution in [1.29, 1.82) is 0 Å². The quantitative estimate of drug-likeness (QED) is 0.443. The van der Waals surface area contributed by atoms with E-state index in [2.05, 4.69) is 25.4 Å². The van der Waals surface area contributed by atoms with E-state index in [4.69, 9.17) is 0 Å². The number of carbonyl (C=O) groups excluding carboxylic acids is 1. The first kappa shape index (κ1) is 24.1. The lowest BCUT2D eigenvalue weighted by atomic mass is 9.95. The van der Waals surface area contributed by atoms with Gasteiger partial charge in [0.1, 0.15) is 0 Å². The Morgan fingerprint density at radius 3 is 2.26 bits per heavy atom. The van der Waals surface area contributed by atoms with Gasteiger partial charge in [-0.1, -0.05) is 26.8 Å². The SMILES string of the molecule is CN(C)c1ncc(-c2ccc3nc(-c4ccc(C(F)(F)F)c(NC(=O)C(C)(C)C)c4)cn3n2)cn1. The Balaban J connectivity index is 1.71. The van der Waals surface area contributed by atoms with Crippen LogP contribution in [0, 0.1) is 5.41 Å². The molecule has 0 aliphatic heterocycles. The number of hydrogen-bond acceptors (Lipinski definition) is 6. The van der Waals surface area contributed by atoms with Crippen LogP contribution in [0.15, 0.2) is 48.9 Å². The number of hydrogen-bond donors (Lipinski definition) is 1. The minimum absolute atomic E-state index is 0.321. The van der Waals surface area contributed by atoms with Gasteiger partial charge in [-0.2, -0.15) is 18.3 Å². The summed E-state index contributed by atoms with van der Waals surface area (Å²) in [6.07, 6.45) is 0.313. The van der Waals surface area contributed by atoms with E-state index in [-0.39, 0.29) is 5.69 Å². The fourth-order valence-corrected chi connectivity index (χ4v) is 3.22. The van der Waals surface area contributed by atoms with Gasteiger partial charge in [-0.3, -0.25) is 4.79 Å². The van der Waals surface area contributed by atoms with Gasteiger partial charge in [-0.05, 0) is 24.3 Å². The van der Waals surface area contributed by atoms with Gasteiger partial charge in [0.25, 0.3) is 0 Å². The predicted molar refractivity (Wildman–Crippen MR) is 127 cm³/mol. The van der Waals surface area contributed by atoms with Gasteiger partial charge in [0.15, 0.2) is 5.65 Å². The Kier molecular flexibility index (Phi) is 5.95. The number of alkyl halides is 3. The summed E-state index contributed by atoms with van der Waals surface area (Å²) >= 11 is 0. The van der Waals surface area contributed by atoms with Crippen molar-refractivity contribution in [3.05, 3.63) is 54.5 Å². The van der Waals surface area contributed by atoms with Crippen LogP contribution in [0.5, 0.6) is 0 Å². The van der Waals surface area contributed by atoms with Crippen molar-refractivity contribution < 1.29 is 18.0 Å². The topological polar surface area (TPSA) is 88.3 Å². The van der Waals surface area contributed by atoms with Crippen molar-refractivity contribution in [2.24, 2.45) is 5.41 Å². The second-order valence-electron chi connectivity index (χ2n) is 9.28. The number of aromatic nitrogens is 5. The highest BCUT2D eigenvalue weighted by atomic mass is 19.4. The maximum Gasteiger partial charge on any atom is 0.418 e. The van der Waals surface area contributed by atoms with Crippen molar-refractivity contribution in [3.8, 4) is 22.5 Å². The second-order valence-corrected chi connectivity index (χ2v) is 9.28. The normalized spacial score (nSPS) is 12.1. The highest BCUT2D eigenvalue weighted by Crippen LogP contribution is 2.37. The lowest BCUT2D eigenvalue weighted by Crippen LogP contribution is -2.28. The van der Waals surface area contributed by atoms with Gasteiger partial charge in [0, 0.05) is 43.0 Å². The number of nitrogens with one attached hydrogen (secondary N) is 1. The van der Waals surface area contributed by atoms with E-state index in [1.165, 1.54) is 16.6 Å². The van der Waals surface area contributed by atoms with E-state index in [9.17, 15) is 18.0 Å². The molecule has 0 spiro atoms. The summed E-state index contributed by atoms with van der Waals surface area (Å²) < 4.78 is 42.3. The van der Waals surface area contributed by atoms with Gasteiger partial charge in [-0.15, -0.1) is 0 Å². The molecule has 0 aliphatic rings. The molecule has 182 valence electrons. The second kappa shape index (κ2) is 8.64. The summed E-state index contributed by atoms with van der Waals surface area (Å²) in [5, 5.41) is 6.95. The highest BCUT2D eigenvalue weighted by Gasteiger charge is 2.35. The standard InChI is InChI=1S/C24H24F3N7O/c1-23(2,3)21(35)31-18-10-14(6-7-16(18)24(25,26)27)19-13-34-20(30-19)9-8-17(32-34)15-11-28-22(29-12-15)33(4)5/h6-13H,1-5H3,(H,31,35). The number of rotatable bonds is 4. The van der Waals surface area contributed by atoms with Crippen LogP contribution in [0.2, 0.25) is 0 Å². The van der Waals surface area contributed by atoms with Gasteiger partial charge in [0.2, 0.25) is 11.9 Å². The van der Waals surface area contributed by atoms with Gasteiger partial charge >= 0.3 is 6.18 Å². The Morgan fingerprint density at radius 1 is 0.971 bits per heavy atom. The predicted octanol–water partition coefficient (Wildman–Crippen LogP) is 4.92. The van der Waals surface area contributed by atoms with Crippen LogP contribution >= 0.6 is 0 Å². The monoisotopic (exact) mass is 483 g/mol. The minimum atomic E-state index is -4.63. The zero-order valence-electron chi connectivity index (χ0n) is 19.8. The minimum Gasteiger partial charge on any atom is -0.347 e. The van der Waals surface area contributed by atoms with Crippen LogP contribution < -0.4 is 10.2 Å². The number of benzene rings is 1. The summed E-state index contributed by atoms with van der Waals surface area (Å²) in [5.74, 6) is 0.0420. The molecule has 35 heavy (non-hydrogen) atoms. The van der Waals surface area contributed by atoms with Crippen LogP contribution in [0.3, 0.4) is 0 Å². The lowest BCUT2D eigenvalue weighted by molar-refractivity contribution is -0.137. The molecule has 3 aromatic heterocycles. The first-order chi connectivity index (χ1) is 16.3. The Morgan fingerprint density at radius 2 is 1.66 bits per heavy atom. The Bertz CT molecular complexity index is 1390. The number of nitrogens with zero attached hydrogens (tertiary/aromatic N) is 6. The Labute approximate surface area is 199 Å². The molecule has 0 unspecified atom stereocenters. The number of imidazole rings is 1. The van der Waals surface area contributed by atoms with Gasteiger partial charge in [-0.25, -0.2) is 19.5 Å². The van der Waals surface area contributed by atoms with Crippen molar-refractivity contribution in [1.82, 2.24) is 24.6 Å². The van der Waals surface area contributed by atoms with E-state index in [0.717, 1.165) is 6.07 Å². The van der Waals surface area contributed by atoms with Crippen LogP contribution in [-0.2, 0) is 11.0 Å². The summed E-state index contributed by atoms with van der Waals surface area (Å²) in [7, 11) is 3.68. The molecular weight excluding hydrogens is 459 g/mol. The van der Waals surface area contributed by atoms with Gasteiger partial charge < -0.3 is 10.2 Å². The molecule has 11 heteroatoms. The summed E-state index contributed by atoms with van der Waals surface area (Å²) in [6.45, 7) is 4.89. The smallest absolute Gasteiger partial charge is 0.347 e. The molecule has 0 atom stereocenters. The number of amides is 1. The zero-order valence-corrected chi connectivity index (χ0v) is 19.8. The molecule has 0 aliphatic carbocycles. The van der Waals surface area contributed by atoms with Crippen LogP contribution in [0.25, 0.3) is 28.2 Å². The summed E-state index contributed by atoms with van der Waals surface area (Å²) in [4.78, 5) is 27.3. The third kappa shape index (κ3) is 5.08.